The van der Waals surface area contributed by atoms with Crippen LogP contribution in [0.15, 0.2) is 59.2 Å². The molecule has 6 aliphatic heterocycles. The van der Waals surface area contributed by atoms with Crippen LogP contribution in [0.5, 0.6) is 0 Å². The highest BCUT2D eigenvalue weighted by atomic mass is 16.6. The van der Waals surface area contributed by atoms with E-state index in [-0.39, 0.29) is 18.1 Å². The number of amides is 1. The number of methoxy groups -OCH3 is 3. The molecule has 1 aromatic rings. The van der Waals surface area contributed by atoms with Gasteiger partial charge in [-0.05, 0) is 86.3 Å². The van der Waals surface area contributed by atoms with Gasteiger partial charge in [0.15, 0.2) is 19.2 Å². The van der Waals surface area contributed by atoms with Crippen LogP contribution < -0.4 is 5.46 Å². The van der Waals surface area contributed by atoms with Crippen LogP contribution in [0.2, 0.25) is 0 Å². The van der Waals surface area contributed by atoms with Gasteiger partial charge in [-0.15, -0.1) is 0 Å². The van der Waals surface area contributed by atoms with Crippen molar-refractivity contribution in [1.29, 1.82) is 0 Å². The number of carbonyl (C=O) groups excluding carboxylic acids is 5. The normalized spacial score (nSPS) is 38.0. The van der Waals surface area contributed by atoms with E-state index >= 15 is 4.79 Å². The lowest BCUT2D eigenvalue weighted by atomic mass is 9.46. The van der Waals surface area contributed by atoms with Crippen molar-refractivity contribution in [2.45, 2.75) is 127 Å². The first-order valence-electron chi connectivity index (χ1n) is 24.5. The summed E-state index contributed by atoms with van der Waals surface area (Å²) < 4.78 is 24.1. The van der Waals surface area contributed by atoms with Gasteiger partial charge in [0, 0.05) is 80.7 Å². The predicted molar refractivity (Wildman–Crippen MR) is 250 cm³/mol. The first-order chi connectivity index (χ1) is 32.1. The fourth-order valence-corrected chi connectivity index (χ4v) is 14.8. The summed E-state index contributed by atoms with van der Waals surface area (Å²) in [6.45, 7) is 10.2. The van der Waals surface area contributed by atoms with Gasteiger partial charge in [-0.1, -0.05) is 74.9 Å². The van der Waals surface area contributed by atoms with Crippen molar-refractivity contribution in [3.05, 3.63) is 70.4 Å². The van der Waals surface area contributed by atoms with E-state index in [1.165, 1.54) is 26.0 Å². The fraction of sp³-hybridized carbons (Fsp3) is 0.635. The van der Waals surface area contributed by atoms with Gasteiger partial charge in [0.1, 0.15) is 0 Å². The molecule has 8 aliphatic rings. The lowest BCUT2D eigenvalue weighted by Gasteiger charge is -2.63. The van der Waals surface area contributed by atoms with Gasteiger partial charge in [-0.25, -0.2) is 4.79 Å². The Morgan fingerprint density at radius 3 is 2.40 bits per heavy atom. The second kappa shape index (κ2) is 17.5. The SMILES string of the molecule is CCCCCC(=O)c1ccc2c(c1)C1=C([B]2)[C@@](C(=O)OC)(C2C=C3C(=CC2OC)N(C=O)[C@H]2[C@@](O)(C(=O)OC)[C@H](OC(C)=O)[C@]4(CC)C=CCN5CC[C@]32[C@@H]54)C[C@@H]2CN(CC1)C[C@](O)(CC)C2. The summed E-state index contributed by atoms with van der Waals surface area (Å²) in [7, 11) is 6.25. The third-order valence-corrected chi connectivity index (χ3v) is 17.5. The van der Waals surface area contributed by atoms with E-state index in [0.29, 0.717) is 94.5 Å². The first kappa shape index (κ1) is 47.7. The number of piperidine rings is 1. The van der Waals surface area contributed by atoms with Crippen LogP contribution in [0.4, 0.5) is 0 Å². The minimum Gasteiger partial charge on any atom is -0.468 e. The summed E-state index contributed by atoms with van der Waals surface area (Å²) in [6, 6.07) is 4.10. The predicted octanol–water partition coefficient (Wildman–Crippen LogP) is 4.09. The topological polar surface area (TPSA) is 172 Å². The average molecular weight is 921 g/mol. The molecule has 3 unspecified atom stereocenters. The van der Waals surface area contributed by atoms with Crippen LogP contribution in [-0.2, 0) is 38.1 Å². The molecule has 1 aromatic carbocycles. The summed E-state index contributed by atoms with van der Waals surface area (Å²) in [5.41, 5.74) is -1.96. The van der Waals surface area contributed by atoms with Gasteiger partial charge in [-0.3, -0.25) is 29.0 Å². The Morgan fingerprint density at radius 1 is 0.955 bits per heavy atom. The molecular weight excluding hydrogens is 853 g/mol. The first-order valence-corrected chi connectivity index (χ1v) is 24.5. The number of likely N-dealkylation sites (tertiary alicyclic amines) is 1. The van der Waals surface area contributed by atoms with E-state index < -0.39 is 75.6 Å². The van der Waals surface area contributed by atoms with Crippen molar-refractivity contribution < 1.29 is 53.1 Å². The third kappa shape index (κ3) is 6.86. The molecule has 14 nitrogen and oxygen atoms in total. The molecular formula is C52H67BN3O11. The summed E-state index contributed by atoms with van der Waals surface area (Å²) >= 11 is 0. The van der Waals surface area contributed by atoms with Crippen LogP contribution >= 0.6 is 0 Å². The quantitative estimate of drug-likeness (QED) is 0.0552. The van der Waals surface area contributed by atoms with E-state index in [1.54, 1.807) is 7.11 Å². The number of ether oxygens (including phenoxy) is 4. The Balaban J connectivity index is 1.31. The third-order valence-electron chi connectivity index (χ3n) is 17.5. The zero-order valence-electron chi connectivity index (χ0n) is 40.2. The molecule has 3 saturated heterocycles. The zero-order valence-corrected chi connectivity index (χ0v) is 40.2. The Bertz CT molecular complexity index is 2360. The maximum absolute atomic E-state index is 15.6. The van der Waals surface area contributed by atoms with Gasteiger partial charge in [0.25, 0.3) is 0 Å². The van der Waals surface area contributed by atoms with Crippen molar-refractivity contribution in [2.24, 2.45) is 28.1 Å². The van der Waals surface area contributed by atoms with Crippen LogP contribution in [0.25, 0.3) is 5.57 Å². The molecule has 67 heavy (non-hydrogen) atoms. The second-order valence-corrected chi connectivity index (χ2v) is 20.7. The number of hydrogen-bond donors (Lipinski definition) is 2. The fourth-order valence-electron chi connectivity index (χ4n) is 14.8. The number of unbranched alkanes of at least 4 members (excludes halogenated alkanes) is 2. The maximum Gasteiger partial charge on any atom is 0.344 e. The van der Waals surface area contributed by atoms with Gasteiger partial charge in [-0.2, -0.15) is 0 Å². The summed E-state index contributed by atoms with van der Waals surface area (Å²) in [4.78, 5) is 76.9. The standard InChI is InChI=1S/C52H67BN3O11/c1-8-11-12-14-40(59)33-15-16-38-35(23-33)34-17-21-54-28-32(26-48(62,9-2)29-54)27-51(42(34)53-38,46(60)65-6)37-24-36-39(25-41(37)64-5)56(30-57)44-50(36)19-22-55-20-13-18-49(10-3,43(50)55)45(67-31(4)58)52(44,63)47(61)66-7/h13,15-16,18,23-25,30,32,37,41,43-45,62-63H,8-12,14,17,19-22,26-29H2,1-7H3/t32-,37?,41?,43+,44-,45-,48+,49-,50-,51+,52+/m1/s1. The van der Waals surface area contributed by atoms with Gasteiger partial charge in [0.2, 0.25) is 12.0 Å². The molecule has 1 radical (unpaired) electrons. The summed E-state index contributed by atoms with van der Waals surface area (Å²) in [5, 5.41) is 25.6. The Hall–Kier alpha value is -4.41. The smallest absolute Gasteiger partial charge is 0.344 e. The number of Topliss-reactive ketones (excluding diaryl/α,β-unsaturated/α-hetero) is 1. The van der Waals surface area contributed by atoms with E-state index in [2.05, 4.69) is 30.1 Å². The zero-order chi connectivity index (χ0) is 47.8. The van der Waals surface area contributed by atoms with Gasteiger partial charge >= 0.3 is 17.9 Å². The van der Waals surface area contributed by atoms with Crippen molar-refractivity contribution in [3.63, 3.8) is 0 Å². The molecule has 0 aromatic heterocycles. The van der Waals surface area contributed by atoms with Crippen LogP contribution in [0, 0.1) is 28.1 Å². The molecule has 359 valence electrons. The molecule has 6 heterocycles. The number of allylic oxidation sites excluding steroid dienone is 1. The molecule has 1 spiro atoms. The second-order valence-electron chi connectivity index (χ2n) is 20.7. The van der Waals surface area contributed by atoms with Crippen LogP contribution in [0.3, 0.4) is 0 Å². The molecule has 9 rings (SSSR count). The van der Waals surface area contributed by atoms with Crippen molar-refractivity contribution in [2.75, 3.05) is 54.1 Å². The van der Waals surface area contributed by atoms with E-state index in [1.807, 2.05) is 50.3 Å². The number of aliphatic hydroxyl groups is 2. The summed E-state index contributed by atoms with van der Waals surface area (Å²) in [5.74, 6) is -3.06. The molecule has 12 atom stereocenters. The lowest BCUT2D eigenvalue weighted by Crippen LogP contribution is -2.80. The molecule has 15 heteroatoms. The van der Waals surface area contributed by atoms with Crippen LogP contribution in [-0.4, -0.2) is 152 Å². The number of rotatable bonds is 13. The minimum atomic E-state index is -2.54. The number of benzene rings is 1. The number of carbonyl (C=O) groups is 5. The highest BCUT2D eigenvalue weighted by Crippen LogP contribution is 2.70. The van der Waals surface area contributed by atoms with Crippen molar-refractivity contribution >= 4 is 48.4 Å². The molecule has 2 bridgehead atoms. The molecule has 4 fully saturated rings. The maximum atomic E-state index is 15.6. The number of esters is 3. The van der Waals surface area contributed by atoms with Crippen molar-refractivity contribution in [3.8, 4) is 0 Å². The highest BCUT2D eigenvalue weighted by Gasteiger charge is 2.82. The number of nitrogens with zero attached hydrogens (tertiary/aromatic N) is 3. The monoisotopic (exact) mass is 920 g/mol. The van der Waals surface area contributed by atoms with E-state index in [9.17, 15) is 29.4 Å². The molecule has 1 amide bonds. The number of hydrogen-bond acceptors (Lipinski definition) is 13. The van der Waals surface area contributed by atoms with E-state index in [0.717, 1.165) is 41.3 Å². The average Bonchev–Trinajstić information content (AvgIpc) is 4.00. The Kier molecular flexibility index (Phi) is 12.5. The van der Waals surface area contributed by atoms with Gasteiger partial charge in [0.05, 0.1) is 37.4 Å². The largest absolute Gasteiger partial charge is 0.468 e. The lowest BCUT2D eigenvalue weighted by molar-refractivity contribution is -0.242. The van der Waals surface area contributed by atoms with Crippen molar-refractivity contribution in [1.82, 2.24) is 14.7 Å². The van der Waals surface area contributed by atoms with E-state index in [4.69, 9.17) is 18.9 Å². The Morgan fingerprint density at radius 2 is 1.73 bits per heavy atom. The molecule has 2 N–H and O–H groups in total. The molecule has 1 saturated carbocycles. The number of fused-ring (bicyclic) bond motifs is 5. The highest BCUT2D eigenvalue weighted by molar-refractivity contribution is 6.67. The number of ketones is 1. The Labute approximate surface area is 395 Å². The molecule has 2 aliphatic carbocycles. The summed E-state index contributed by atoms with van der Waals surface area (Å²) in [6.07, 6.45) is 12.1. The minimum absolute atomic E-state index is 0.0748. The van der Waals surface area contributed by atoms with Crippen LogP contribution in [0.1, 0.15) is 108 Å². The van der Waals surface area contributed by atoms with Gasteiger partial charge < -0.3 is 34.1 Å².